The molecule has 0 aromatic rings. The van der Waals surface area contributed by atoms with Crippen molar-refractivity contribution in [1.29, 1.82) is 0 Å². The number of nitrogens with zero attached hydrogens (tertiary/aromatic N) is 1. The van der Waals surface area contributed by atoms with Crippen molar-refractivity contribution >= 4 is 13.7 Å². The SMILES string of the molecule is CCCCCCCCCCCC/C=C/CCCC[C@@H](O)[C@H](COP(=O)(O)OCC[N+](C)(C)C)NC(=O)CCCCCCCCCCCCCCCCCCCCCCCCC. The number of aliphatic hydroxyl groups excluding tert-OH is 1. The van der Waals surface area contributed by atoms with E-state index >= 15 is 0 Å². The molecule has 0 fully saturated rings. The van der Waals surface area contributed by atoms with E-state index in [1.807, 2.05) is 21.1 Å². The van der Waals surface area contributed by atoms with E-state index < -0.39 is 20.0 Å². The smallest absolute Gasteiger partial charge is 0.391 e. The van der Waals surface area contributed by atoms with Crippen molar-refractivity contribution in [3.8, 4) is 0 Å². The molecule has 0 heterocycles. The van der Waals surface area contributed by atoms with E-state index in [1.54, 1.807) is 0 Å². The molecule has 0 spiro atoms. The molecule has 364 valence electrons. The molecule has 0 aromatic heterocycles. The summed E-state index contributed by atoms with van der Waals surface area (Å²) in [6.45, 7) is 4.90. The van der Waals surface area contributed by atoms with Gasteiger partial charge in [0.15, 0.2) is 0 Å². The molecular weight excluding hydrogens is 780 g/mol. The van der Waals surface area contributed by atoms with Crippen LogP contribution in [0.1, 0.15) is 264 Å². The molecule has 0 aliphatic heterocycles. The molecule has 1 unspecified atom stereocenters. The maximum atomic E-state index is 13.0. The van der Waals surface area contributed by atoms with Crippen molar-refractivity contribution in [2.75, 3.05) is 40.9 Å². The number of aliphatic hydroxyl groups is 1. The summed E-state index contributed by atoms with van der Waals surface area (Å²) in [4.78, 5) is 23.3. The zero-order valence-corrected chi connectivity index (χ0v) is 42.3. The van der Waals surface area contributed by atoms with Gasteiger partial charge < -0.3 is 19.8 Å². The quantitative estimate of drug-likeness (QED) is 0.0243. The van der Waals surface area contributed by atoms with Crippen molar-refractivity contribution < 1.29 is 32.9 Å². The standard InChI is InChI=1S/C52H105N2O6P/c1-6-8-10-12-14-16-18-20-22-24-25-26-27-28-29-30-32-34-36-38-40-42-44-46-52(56)53-50(49-60-61(57,58)59-48-47-54(3,4)5)51(55)45-43-41-39-37-35-33-31-23-21-19-17-15-13-11-9-7-2/h35,37,50-51,55H,6-34,36,38-49H2,1-5H3,(H-,53,56,57,58)/p+1/b37-35+/t50-,51+/m0/s1. The number of amides is 1. The Hall–Kier alpha value is -0.760. The average Bonchev–Trinajstić information content (AvgIpc) is 3.21. The highest BCUT2D eigenvalue weighted by Crippen LogP contribution is 2.43. The van der Waals surface area contributed by atoms with Crippen LogP contribution in [0.4, 0.5) is 0 Å². The average molecular weight is 886 g/mol. The lowest BCUT2D eigenvalue weighted by atomic mass is 10.0. The second-order valence-corrected chi connectivity index (χ2v) is 21.1. The Morgan fingerprint density at radius 3 is 1.26 bits per heavy atom. The third-order valence-corrected chi connectivity index (χ3v) is 13.2. The molecule has 1 amide bonds. The van der Waals surface area contributed by atoms with Gasteiger partial charge in [-0.25, -0.2) is 4.57 Å². The lowest BCUT2D eigenvalue weighted by molar-refractivity contribution is -0.870. The van der Waals surface area contributed by atoms with E-state index in [-0.39, 0.29) is 19.1 Å². The number of hydrogen-bond acceptors (Lipinski definition) is 5. The number of rotatable bonds is 49. The molecule has 0 rings (SSSR count). The summed E-state index contributed by atoms with van der Waals surface area (Å²) in [5.41, 5.74) is 0. The number of likely N-dealkylation sites (N-methyl/N-ethyl adjacent to an activating group) is 1. The summed E-state index contributed by atoms with van der Waals surface area (Å²) in [6.07, 6.45) is 52.6. The van der Waals surface area contributed by atoms with E-state index in [1.165, 1.54) is 193 Å². The number of phosphoric acid groups is 1. The maximum Gasteiger partial charge on any atom is 0.472 e. The van der Waals surface area contributed by atoms with Gasteiger partial charge in [-0.3, -0.25) is 13.8 Å². The summed E-state index contributed by atoms with van der Waals surface area (Å²) in [5, 5.41) is 14.0. The first-order chi connectivity index (χ1) is 29.5. The molecule has 0 radical (unpaired) electrons. The van der Waals surface area contributed by atoms with Gasteiger partial charge in [-0.15, -0.1) is 0 Å². The minimum Gasteiger partial charge on any atom is -0.391 e. The summed E-state index contributed by atoms with van der Waals surface area (Å²) in [5.74, 6) is -0.148. The normalized spacial score (nSPS) is 14.1. The molecule has 0 saturated heterocycles. The van der Waals surface area contributed by atoms with Crippen molar-refractivity contribution in [1.82, 2.24) is 5.32 Å². The zero-order chi connectivity index (χ0) is 45.0. The highest BCUT2D eigenvalue weighted by Gasteiger charge is 2.28. The molecular formula is C52H106N2O6P+. The zero-order valence-electron chi connectivity index (χ0n) is 41.4. The van der Waals surface area contributed by atoms with Gasteiger partial charge in [0, 0.05) is 6.42 Å². The van der Waals surface area contributed by atoms with Gasteiger partial charge in [0.05, 0.1) is 39.9 Å². The lowest BCUT2D eigenvalue weighted by Crippen LogP contribution is -2.46. The summed E-state index contributed by atoms with van der Waals surface area (Å²) < 4.78 is 23.7. The molecule has 0 aromatic carbocycles. The first kappa shape index (κ1) is 60.2. The fourth-order valence-electron chi connectivity index (χ4n) is 8.04. The third kappa shape index (κ3) is 47.0. The van der Waals surface area contributed by atoms with Crippen LogP contribution in [0.25, 0.3) is 0 Å². The number of quaternary nitrogens is 1. The molecule has 0 bridgehead atoms. The number of carbonyl (C=O) groups excluding carboxylic acids is 1. The highest BCUT2D eigenvalue weighted by atomic mass is 31.2. The monoisotopic (exact) mass is 886 g/mol. The van der Waals surface area contributed by atoms with Crippen LogP contribution >= 0.6 is 7.82 Å². The number of phosphoric ester groups is 1. The van der Waals surface area contributed by atoms with Gasteiger partial charge in [-0.2, -0.15) is 0 Å². The van der Waals surface area contributed by atoms with Crippen LogP contribution < -0.4 is 5.32 Å². The second kappa shape index (κ2) is 44.4. The van der Waals surface area contributed by atoms with Gasteiger partial charge in [0.2, 0.25) is 5.91 Å². The van der Waals surface area contributed by atoms with Crippen LogP contribution in [-0.4, -0.2) is 73.4 Å². The van der Waals surface area contributed by atoms with Gasteiger partial charge in [-0.1, -0.05) is 231 Å². The Labute approximate surface area is 380 Å². The van der Waals surface area contributed by atoms with E-state index in [4.69, 9.17) is 9.05 Å². The molecule has 0 aliphatic rings. The number of carbonyl (C=O) groups is 1. The fourth-order valence-corrected chi connectivity index (χ4v) is 8.78. The number of unbranched alkanes of at least 4 members (excludes halogenated alkanes) is 34. The summed E-state index contributed by atoms with van der Waals surface area (Å²) >= 11 is 0. The topological polar surface area (TPSA) is 105 Å². The molecule has 0 aliphatic carbocycles. The molecule has 61 heavy (non-hydrogen) atoms. The van der Waals surface area contributed by atoms with Crippen molar-refractivity contribution in [3.05, 3.63) is 12.2 Å². The Kier molecular flexibility index (Phi) is 43.9. The maximum absolute atomic E-state index is 13.0. The van der Waals surface area contributed by atoms with Crippen LogP contribution in [0.2, 0.25) is 0 Å². The van der Waals surface area contributed by atoms with Crippen molar-refractivity contribution in [2.24, 2.45) is 0 Å². The number of nitrogens with one attached hydrogen (secondary N) is 1. The number of allylic oxidation sites excluding steroid dienone is 2. The molecule has 3 N–H and O–H groups in total. The van der Waals surface area contributed by atoms with E-state index in [9.17, 15) is 19.4 Å². The van der Waals surface area contributed by atoms with Crippen LogP contribution in [-0.2, 0) is 18.4 Å². The second-order valence-electron chi connectivity index (χ2n) is 19.6. The van der Waals surface area contributed by atoms with Crippen molar-refractivity contribution in [3.63, 3.8) is 0 Å². The third-order valence-electron chi connectivity index (χ3n) is 12.3. The number of hydrogen-bond donors (Lipinski definition) is 3. The Balaban J connectivity index is 4.19. The first-order valence-electron chi connectivity index (χ1n) is 26.6. The fraction of sp³-hybridized carbons (Fsp3) is 0.942. The largest absolute Gasteiger partial charge is 0.472 e. The first-order valence-corrected chi connectivity index (χ1v) is 28.0. The Morgan fingerprint density at radius 2 is 0.885 bits per heavy atom. The summed E-state index contributed by atoms with van der Waals surface area (Å²) in [7, 11) is 1.61. The summed E-state index contributed by atoms with van der Waals surface area (Å²) in [6, 6.07) is -0.772. The predicted molar refractivity (Wildman–Crippen MR) is 263 cm³/mol. The molecule has 3 atom stereocenters. The molecule has 8 nitrogen and oxygen atoms in total. The van der Waals surface area contributed by atoms with E-state index in [2.05, 4.69) is 31.3 Å². The van der Waals surface area contributed by atoms with Crippen LogP contribution in [0.5, 0.6) is 0 Å². The lowest BCUT2D eigenvalue weighted by Gasteiger charge is -2.26. The highest BCUT2D eigenvalue weighted by molar-refractivity contribution is 7.47. The molecule has 9 heteroatoms. The van der Waals surface area contributed by atoms with Crippen molar-refractivity contribution in [2.45, 2.75) is 276 Å². The van der Waals surface area contributed by atoms with Gasteiger partial charge in [0.25, 0.3) is 0 Å². The minimum atomic E-state index is -4.32. The molecule has 0 saturated carbocycles. The van der Waals surface area contributed by atoms with E-state index in [0.717, 1.165) is 44.9 Å². The van der Waals surface area contributed by atoms with Crippen LogP contribution in [0.15, 0.2) is 12.2 Å². The minimum absolute atomic E-state index is 0.0725. The van der Waals surface area contributed by atoms with Crippen LogP contribution in [0, 0.1) is 0 Å². The Morgan fingerprint density at radius 1 is 0.541 bits per heavy atom. The van der Waals surface area contributed by atoms with Gasteiger partial charge in [0.1, 0.15) is 13.2 Å². The predicted octanol–water partition coefficient (Wildman–Crippen LogP) is 15.5. The Bertz CT molecular complexity index is 1000. The van der Waals surface area contributed by atoms with Gasteiger partial charge >= 0.3 is 7.82 Å². The van der Waals surface area contributed by atoms with Gasteiger partial charge in [-0.05, 0) is 38.5 Å². The van der Waals surface area contributed by atoms with E-state index in [0.29, 0.717) is 23.9 Å². The van der Waals surface area contributed by atoms with Crippen LogP contribution in [0.3, 0.4) is 0 Å².